The van der Waals surface area contributed by atoms with Gasteiger partial charge >= 0.3 is 0 Å². The Labute approximate surface area is 113 Å². The number of hydrogen-bond acceptors (Lipinski definition) is 3. The summed E-state index contributed by atoms with van der Waals surface area (Å²) in [6.45, 7) is 3.81. The van der Waals surface area contributed by atoms with Gasteiger partial charge in [-0.2, -0.15) is 0 Å². The Balaban J connectivity index is 2.29. The summed E-state index contributed by atoms with van der Waals surface area (Å²) < 4.78 is 0. The van der Waals surface area contributed by atoms with Gasteiger partial charge in [-0.05, 0) is 32.4 Å². The van der Waals surface area contributed by atoms with Crippen molar-refractivity contribution in [3.05, 3.63) is 24.3 Å². The highest BCUT2D eigenvalue weighted by molar-refractivity contribution is 5.93. The predicted molar refractivity (Wildman–Crippen MR) is 76.6 cm³/mol. The molecule has 2 amide bonds. The summed E-state index contributed by atoms with van der Waals surface area (Å²) >= 11 is 0. The van der Waals surface area contributed by atoms with Gasteiger partial charge in [0.15, 0.2) is 0 Å². The lowest BCUT2D eigenvalue weighted by molar-refractivity contribution is -0.121. The van der Waals surface area contributed by atoms with Crippen LogP contribution in [0.2, 0.25) is 0 Å². The number of carbonyl (C=O) groups excluding carboxylic acids is 2. The van der Waals surface area contributed by atoms with Crippen molar-refractivity contribution in [3.63, 3.8) is 0 Å². The molecule has 0 aliphatic rings. The van der Waals surface area contributed by atoms with E-state index in [1.54, 1.807) is 18.2 Å². The average Bonchev–Trinajstić information content (AvgIpc) is 2.31. The summed E-state index contributed by atoms with van der Waals surface area (Å²) in [5.41, 5.74) is 6.87. The molecule has 0 aromatic heterocycles. The number of nitrogen functional groups attached to an aromatic ring is 1. The molecule has 1 rings (SSSR count). The van der Waals surface area contributed by atoms with Gasteiger partial charge in [0.25, 0.3) is 0 Å². The predicted octanol–water partition coefficient (Wildman–Crippen LogP) is 1.90. The first kappa shape index (κ1) is 15.0. The van der Waals surface area contributed by atoms with Crippen molar-refractivity contribution in [2.75, 3.05) is 11.1 Å². The summed E-state index contributed by atoms with van der Waals surface area (Å²) in [6, 6.07) is 7.22. The molecule has 0 aliphatic carbocycles. The number of para-hydroxylation sites is 2. The molecular weight excluding hydrogens is 242 g/mol. The Bertz CT molecular complexity index is 444. The van der Waals surface area contributed by atoms with Crippen LogP contribution in [0.15, 0.2) is 24.3 Å². The third-order valence-corrected chi connectivity index (χ3v) is 2.49. The minimum absolute atomic E-state index is 0.0259. The molecule has 104 valence electrons. The largest absolute Gasteiger partial charge is 0.397 e. The average molecular weight is 263 g/mol. The SMILES string of the molecule is CC(C)NC(=O)CCCC(=O)Nc1ccccc1N. The fourth-order valence-electron chi connectivity index (χ4n) is 1.63. The second-order valence-corrected chi connectivity index (χ2v) is 4.71. The number of benzene rings is 1. The number of anilines is 2. The smallest absolute Gasteiger partial charge is 0.224 e. The number of amides is 2. The topological polar surface area (TPSA) is 84.2 Å². The molecule has 19 heavy (non-hydrogen) atoms. The fraction of sp³-hybridized carbons (Fsp3) is 0.429. The van der Waals surface area contributed by atoms with Gasteiger partial charge < -0.3 is 16.4 Å². The van der Waals surface area contributed by atoms with E-state index in [-0.39, 0.29) is 17.9 Å². The molecule has 5 heteroatoms. The summed E-state index contributed by atoms with van der Waals surface area (Å²) in [6.07, 6.45) is 1.19. The lowest BCUT2D eigenvalue weighted by Crippen LogP contribution is -2.30. The molecule has 5 nitrogen and oxygen atoms in total. The molecule has 0 heterocycles. The standard InChI is InChI=1S/C14H21N3O2/c1-10(2)16-13(18)8-5-9-14(19)17-12-7-4-3-6-11(12)15/h3-4,6-7,10H,5,8-9,15H2,1-2H3,(H,16,18)(H,17,19). The zero-order valence-electron chi connectivity index (χ0n) is 11.4. The van der Waals surface area contributed by atoms with E-state index in [9.17, 15) is 9.59 Å². The quantitative estimate of drug-likeness (QED) is 0.685. The van der Waals surface area contributed by atoms with E-state index in [4.69, 9.17) is 5.73 Å². The molecule has 0 aliphatic heterocycles. The maximum Gasteiger partial charge on any atom is 0.224 e. The monoisotopic (exact) mass is 263 g/mol. The molecule has 0 saturated heterocycles. The molecule has 0 spiro atoms. The van der Waals surface area contributed by atoms with Crippen LogP contribution in [-0.2, 0) is 9.59 Å². The Kier molecular flexibility index (Phi) is 5.85. The van der Waals surface area contributed by atoms with Gasteiger partial charge in [0.2, 0.25) is 11.8 Å². The molecule has 0 radical (unpaired) electrons. The molecule has 0 fully saturated rings. The van der Waals surface area contributed by atoms with Crippen LogP contribution in [0.25, 0.3) is 0 Å². The summed E-state index contributed by atoms with van der Waals surface area (Å²) in [5.74, 6) is -0.155. The number of hydrogen-bond donors (Lipinski definition) is 3. The van der Waals surface area contributed by atoms with Gasteiger partial charge in [-0.25, -0.2) is 0 Å². The van der Waals surface area contributed by atoms with E-state index in [0.29, 0.717) is 30.6 Å². The van der Waals surface area contributed by atoms with E-state index < -0.39 is 0 Å². The third kappa shape index (κ3) is 5.90. The van der Waals surface area contributed by atoms with Crippen molar-refractivity contribution in [1.82, 2.24) is 5.32 Å². The molecule has 1 aromatic carbocycles. The molecule has 1 aromatic rings. The zero-order chi connectivity index (χ0) is 14.3. The number of nitrogens with two attached hydrogens (primary N) is 1. The van der Waals surface area contributed by atoms with E-state index in [0.717, 1.165) is 0 Å². The van der Waals surface area contributed by atoms with Crippen LogP contribution in [0.5, 0.6) is 0 Å². The number of nitrogens with one attached hydrogen (secondary N) is 2. The Morgan fingerprint density at radius 1 is 1.16 bits per heavy atom. The Morgan fingerprint density at radius 3 is 2.42 bits per heavy atom. The summed E-state index contributed by atoms with van der Waals surface area (Å²) in [4.78, 5) is 23.1. The van der Waals surface area contributed by atoms with E-state index in [1.165, 1.54) is 0 Å². The summed E-state index contributed by atoms with van der Waals surface area (Å²) in [5, 5.41) is 5.51. The van der Waals surface area contributed by atoms with Crippen LogP contribution in [0.4, 0.5) is 11.4 Å². The molecule has 0 unspecified atom stereocenters. The van der Waals surface area contributed by atoms with Crippen molar-refractivity contribution >= 4 is 23.2 Å². The minimum atomic E-state index is -0.129. The molecule has 4 N–H and O–H groups in total. The van der Waals surface area contributed by atoms with Crippen LogP contribution < -0.4 is 16.4 Å². The second-order valence-electron chi connectivity index (χ2n) is 4.71. The second kappa shape index (κ2) is 7.41. The first-order valence-electron chi connectivity index (χ1n) is 6.42. The minimum Gasteiger partial charge on any atom is -0.397 e. The van der Waals surface area contributed by atoms with Crippen molar-refractivity contribution in [3.8, 4) is 0 Å². The first-order valence-corrected chi connectivity index (χ1v) is 6.42. The lowest BCUT2D eigenvalue weighted by atomic mass is 10.2. The summed E-state index contributed by atoms with van der Waals surface area (Å²) in [7, 11) is 0. The number of carbonyl (C=O) groups is 2. The molecular formula is C14H21N3O2. The van der Waals surface area contributed by atoms with E-state index >= 15 is 0 Å². The fourth-order valence-corrected chi connectivity index (χ4v) is 1.63. The van der Waals surface area contributed by atoms with Gasteiger partial charge in [-0.1, -0.05) is 12.1 Å². The van der Waals surface area contributed by atoms with E-state index in [1.807, 2.05) is 19.9 Å². The normalized spacial score (nSPS) is 10.3. The highest BCUT2D eigenvalue weighted by Crippen LogP contribution is 2.17. The van der Waals surface area contributed by atoms with Crippen molar-refractivity contribution in [1.29, 1.82) is 0 Å². The van der Waals surface area contributed by atoms with E-state index in [2.05, 4.69) is 10.6 Å². The maximum absolute atomic E-state index is 11.7. The Hall–Kier alpha value is -2.04. The lowest BCUT2D eigenvalue weighted by Gasteiger charge is -2.09. The van der Waals surface area contributed by atoms with Crippen LogP contribution in [0, 0.1) is 0 Å². The van der Waals surface area contributed by atoms with Crippen LogP contribution in [0.1, 0.15) is 33.1 Å². The van der Waals surface area contributed by atoms with Gasteiger partial charge in [-0.3, -0.25) is 9.59 Å². The molecule has 0 saturated carbocycles. The van der Waals surface area contributed by atoms with Crippen LogP contribution >= 0.6 is 0 Å². The van der Waals surface area contributed by atoms with Gasteiger partial charge in [0.05, 0.1) is 11.4 Å². The maximum atomic E-state index is 11.7. The highest BCUT2D eigenvalue weighted by Gasteiger charge is 2.07. The molecule has 0 atom stereocenters. The Morgan fingerprint density at radius 2 is 1.79 bits per heavy atom. The third-order valence-electron chi connectivity index (χ3n) is 2.49. The zero-order valence-corrected chi connectivity index (χ0v) is 11.4. The van der Waals surface area contributed by atoms with Crippen molar-refractivity contribution in [2.45, 2.75) is 39.2 Å². The first-order chi connectivity index (χ1) is 8.99. The van der Waals surface area contributed by atoms with Gasteiger partial charge in [-0.15, -0.1) is 0 Å². The van der Waals surface area contributed by atoms with Crippen LogP contribution in [0.3, 0.4) is 0 Å². The van der Waals surface area contributed by atoms with Gasteiger partial charge in [0, 0.05) is 18.9 Å². The van der Waals surface area contributed by atoms with Gasteiger partial charge in [0.1, 0.15) is 0 Å². The highest BCUT2D eigenvalue weighted by atomic mass is 16.2. The number of rotatable bonds is 6. The van der Waals surface area contributed by atoms with Crippen molar-refractivity contribution in [2.24, 2.45) is 0 Å². The van der Waals surface area contributed by atoms with Crippen molar-refractivity contribution < 1.29 is 9.59 Å². The van der Waals surface area contributed by atoms with Crippen LogP contribution in [-0.4, -0.2) is 17.9 Å². The molecule has 0 bridgehead atoms.